The van der Waals surface area contributed by atoms with E-state index in [-0.39, 0.29) is 23.0 Å². The van der Waals surface area contributed by atoms with Gasteiger partial charge < -0.3 is 12.4 Å². The summed E-state index contributed by atoms with van der Waals surface area (Å²) in [4.78, 5) is 18.0. The minimum absolute atomic E-state index is 0. The SMILES string of the molecule is O=[N+]([O-])c1ccc2cnn(C[N+]34CN5CN(CN(C5)C3)C4)c2c1.[Cl-]. The van der Waals surface area contributed by atoms with E-state index < -0.39 is 0 Å². The molecule has 4 saturated heterocycles. The van der Waals surface area contributed by atoms with Crippen LogP contribution in [0.25, 0.3) is 10.9 Å². The van der Waals surface area contributed by atoms with Gasteiger partial charge in [-0.3, -0.25) is 14.6 Å². The molecule has 24 heavy (non-hydrogen) atoms. The topological polar surface area (TPSA) is 70.7 Å². The molecule has 9 nitrogen and oxygen atoms in total. The lowest BCUT2D eigenvalue weighted by molar-refractivity contribution is -0.998. The second-order valence-electron chi connectivity index (χ2n) is 6.99. The Kier molecular flexibility index (Phi) is 3.52. The summed E-state index contributed by atoms with van der Waals surface area (Å²) in [7, 11) is 0. The van der Waals surface area contributed by atoms with Gasteiger partial charge in [-0.15, -0.1) is 0 Å². The van der Waals surface area contributed by atoms with Crippen molar-refractivity contribution in [1.82, 2.24) is 24.5 Å². The van der Waals surface area contributed by atoms with Gasteiger partial charge in [0.2, 0.25) is 0 Å². The lowest BCUT2D eigenvalue weighted by atomic mass is 10.2. The molecule has 0 amide bonds. The second-order valence-corrected chi connectivity index (χ2v) is 6.99. The molecule has 0 saturated carbocycles. The van der Waals surface area contributed by atoms with E-state index in [9.17, 15) is 10.1 Å². The van der Waals surface area contributed by atoms with Gasteiger partial charge in [-0.25, -0.2) is 19.4 Å². The van der Waals surface area contributed by atoms with Crippen LogP contribution in [0, 0.1) is 10.1 Å². The molecule has 0 aliphatic carbocycles. The number of halogens is 1. The Bertz CT molecular complexity index is 772. The fourth-order valence-electron chi connectivity index (χ4n) is 4.36. The first-order chi connectivity index (χ1) is 11.1. The molecule has 10 heteroatoms. The van der Waals surface area contributed by atoms with E-state index in [4.69, 9.17) is 0 Å². The monoisotopic (exact) mass is 351 g/mol. The number of hydrogen-bond donors (Lipinski definition) is 0. The van der Waals surface area contributed by atoms with Gasteiger partial charge in [-0.1, -0.05) is 0 Å². The summed E-state index contributed by atoms with van der Waals surface area (Å²) in [6, 6.07) is 4.95. The highest BCUT2D eigenvalue weighted by molar-refractivity contribution is 5.80. The minimum Gasteiger partial charge on any atom is -1.00 e. The molecule has 4 fully saturated rings. The maximum Gasteiger partial charge on any atom is 0.271 e. The van der Waals surface area contributed by atoms with Crippen molar-refractivity contribution in [3.8, 4) is 0 Å². The quantitative estimate of drug-likeness (QED) is 0.343. The first-order valence-corrected chi connectivity index (χ1v) is 7.72. The van der Waals surface area contributed by atoms with E-state index in [1.54, 1.807) is 18.3 Å². The normalized spacial score (nSPS) is 33.6. The fourth-order valence-corrected chi connectivity index (χ4v) is 4.36. The Morgan fingerprint density at radius 2 is 1.75 bits per heavy atom. The maximum atomic E-state index is 11.0. The first-order valence-electron chi connectivity index (χ1n) is 7.72. The number of nitrogens with zero attached hydrogens (tertiary/aromatic N) is 7. The van der Waals surface area contributed by atoms with Crippen molar-refractivity contribution >= 4 is 16.6 Å². The van der Waals surface area contributed by atoms with Gasteiger partial charge in [0.25, 0.3) is 5.69 Å². The number of non-ortho nitro benzene ring substituents is 1. The van der Waals surface area contributed by atoms with Gasteiger partial charge in [0, 0.05) is 17.5 Å². The van der Waals surface area contributed by atoms with Crippen LogP contribution in [0.5, 0.6) is 0 Å². The van der Waals surface area contributed by atoms with Crippen molar-refractivity contribution in [2.75, 3.05) is 40.0 Å². The molecular weight excluding hydrogens is 334 g/mol. The van der Waals surface area contributed by atoms with E-state index in [0.717, 1.165) is 62.1 Å². The molecule has 0 atom stereocenters. The molecule has 0 spiro atoms. The zero-order valence-corrected chi connectivity index (χ0v) is 13.8. The van der Waals surface area contributed by atoms with Gasteiger partial charge in [0.15, 0.2) is 6.67 Å². The Morgan fingerprint density at radius 1 is 1.12 bits per heavy atom. The molecular formula is C14H18ClN7O2. The Morgan fingerprint density at radius 3 is 2.33 bits per heavy atom. The standard InChI is InChI=1S/C14H18N7O2.ClH/c22-20(23)13-2-1-12-4-15-19(14(12)3-13)11-21-8-16-5-17(9-21)7-18(6-16)10-21;/h1-4H,5-11H2;1H/q+1;/p-1. The lowest BCUT2D eigenvalue weighted by Gasteiger charge is -2.60. The van der Waals surface area contributed by atoms with Crippen LogP contribution in [0.15, 0.2) is 24.4 Å². The number of nitro benzene ring substituents is 1. The summed E-state index contributed by atoms with van der Waals surface area (Å²) in [5.41, 5.74) is 0.960. The van der Waals surface area contributed by atoms with Crippen molar-refractivity contribution in [1.29, 1.82) is 0 Å². The molecule has 0 N–H and O–H groups in total. The second kappa shape index (κ2) is 5.36. The van der Waals surface area contributed by atoms with Crippen LogP contribution in [-0.4, -0.2) is 73.9 Å². The smallest absolute Gasteiger partial charge is 0.271 e. The number of quaternary nitrogens is 1. The van der Waals surface area contributed by atoms with Crippen molar-refractivity contribution in [3.63, 3.8) is 0 Å². The highest BCUT2D eigenvalue weighted by Gasteiger charge is 2.48. The summed E-state index contributed by atoms with van der Waals surface area (Å²) >= 11 is 0. The van der Waals surface area contributed by atoms with Crippen LogP contribution in [0.1, 0.15) is 0 Å². The van der Waals surface area contributed by atoms with Gasteiger partial charge in [0.1, 0.15) is 20.0 Å². The first kappa shape index (κ1) is 15.7. The third kappa shape index (κ3) is 2.36. The number of fused-ring (bicyclic) bond motifs is 1. The van der Waals surface area contributed by atoms with Crippen molar-refractivity contribution in [2.24, 2.45) is 0 Å². The van der Waals surface area contributed by atoms with E-state index in [1.807, 2.05) is 4.68 Å². The highest BCUT2D eigenvalue weighted by atomic mass is 35.5. The summed E-state index contributed by atoms with van der Waals surface area (Å²) < 4.78 is 2.85. The third-order valence-electron chi connectivity index (χ3n) is 4.97. The van der Waals surface area contributed by atoms with Crippen molar-refractivity contribution in [3.05, 3.63) is 34.5 Å². The van der Waals surface area contributed by atoms with Crippen molar-refractivity contribution < 1.29 is 21.8 Å². The van der Waals surface area contributed by atoms with Gasteiger partial charge in [-0.2, -0.15) is 5.10 Å². The molecule has 0 unspecified atom stereocenters. The average Bonchev–Trinajstić information content (AvgIpc) is 2.87. The molecule has 0 radical (unpaired) electrons. The number of aromatic nitrogens is 2. The van der Waals surface area contributed by atoms with E-state index in [0.29, 0.717) is 0 Å². The van der Waals surface area contributed by atoms with Crippen LogP contribution in [-0.2, 0) is 6.67 Å². The van der Waals surface area contributed by atoms with Crippen LogP contribution in [0.4, 0.5) is 5.69 Å². The predicted molar refractivity (Wildman–Crippen MR) is 81.4 cm³/mol. The van der Waals surface area contributed by atoms with Crippen LogP contribution in [0.2, 0.25) is 0 Å². The number of nitro groups is 1. The summed E-state index contributed by atoms with van der Waals surface area (Å²) in [5, 5.41) is 16.5. The van der Waals surface area contributed by atoms with Crippen molar-refractivity contribution in [2.45, 2.75) is 6.67 Å². The van der Waals surface area contributed by atoms with Gasteiger partial charge in [-0.05, 0) is 6.07 Å². The van der Waals surface area contributed by atoms with Gasteiger partial charge in [0.05, 0.1) is 36.6 Å². The van der Waals surface area contributed by atoms with E-state index >= 15 is 0 Å². The number of benzene rings is 1. The fraction of sp³-hybridized carbons (Fsp3) is 0.500. The van der Waals surface area contributed by atoms with Gasteiger partial charge >= 0.3 is 0 Å². The molecule has 128 valence electrons. The minimum atomic E-state index is -0.348. The summed E-state index contributed by atoms with van der Waals surface area (Å²) in [5.74, 6) is 0. The zero-order valence-electron chi connectivity index (χ0n) is 13.1. The molecule has 4 aliphatic heterocycles. The molecule has 6 rings (SSSR count). The molecule has 1 aromatic heterocycles. The van der Waals surface area contributed by atoms with Crippen LogP contribution in [0.3, 0.4) is 0 Å². The Balaban J connectivity index is 0.00000146. The highest BCUT2D eigenvalue weighted by Crippen LogP contribution is 2.30. The molecule has 2 aromatic rings. The largest absolute Gasteiger partial charge is 1.00 e. The summed E-state index contributed by atoms with van der Waals surface area (Å²) in [6.45, 7) is 6.93. The molecule has 5 heterocycles. The lowest BCUT2D eigenvalue weighted by Crippen LogP contribution is -3.00. The molecule has 1 aromatic carbocycles. The predicted octanol–water partition coefficient (Wildman–Crippen LogP) is -2.59. The molecule has 4 aliphatic rings. The Hall–Kier alpha value is -1.78. The third-order valence-corrected chi connectivity index (χ3v) is 4.97. The zero-order chi connectivity index (χ0) is 15.6. The van der Waals surface area contributed by atoms with Crippen LogP contribution < -0.4 is 12.4 Å². The number of rotatable bonds is 3. The maximum absolute atomic E-state index is 11.0. The van der Waals surface area contributed by atoms with E-state index in [1.165, 1.54) is 6.07 Å². The number of hydrogen-bond acceptors (Lipinski definition) is 6. The van der Waals surface area contributed by atoms with Crippen LogP contribution >= 0.6 is 0 Å². The Labute approximate surface area is 144 Å². The molecule has 4 bridgehead atoms. The summed E-state index contributed by atoms with van der Waals surface area (Å²) in [6.07, 6.45) is 1.80. The average molecular weight is 352 g/mol. The van der Waals surface area contributed by atoms with E-state index in [2.05, 4.69) is 19.8 Å².